The van der Waals surface area contributed by atoms with Crippen molar-refractivity contribution in [3.8, 4) is 0 Å². The van der Waals surface area contributed by atoms with Crippen LogP contribution in [-0.2, 0) is 4.79 Å². The smallest absolute Gasteiger partial charge is 0.251 e. The first-order valence-corrected chi connectivity index (χ1v) is 6.95. The van der Waals surface area contributed by atoms with E-state index in [1.54, 1.807) is 6.07 Å². The predicted molar refractivity (Wildman–Crippen MR) is 76.9 cm³/mol. The predicted octanol–water partition coefficient (Wildman–Crippen LogP) is 1.18. The standard InChI is InChI=1S/C13H17ClN4O2/c1-2-15-11-6-8(5-10(14)18-11)13(20)16-7-9-3-4-12(19)17-9/h5-6,9H,2-4,7H2,1H3,(H,15,18)(H,16,20)(H,17,19). The molecule has 1 aromatic rings. The molecule has 0 aromatic carbocycles. The zero-order valence-electron chi connectivity index (χ0n) is 11.2. The van der Waals surface area contributed by atoms with Crippen molar-refractivity contribution >= 4 is 29.2 Å². The molecule has 1 atom stereocenters. The molecular weight excluding hydrogens is 280 g/mol. The van der Waals surface area contributed by atoms with Crippen LogP contribution in [0.5, 0.6) is 0 Å². The molecule has 1 aliphatic rings. The third kappa shape index (κ3) is 3.84. The summed E-state index contributed by atoms with van der Waals surface area (Å²) in [5.74, 6) is 0.375. The van der Waals surface area contributed by atoms with Gasteiger partial charge in [0, 0.05) is 31.1 Å². The highest BCUT2D eigenvalue weighted by Crippen LogP contribution is 2.14. The van der Waals surface area contributed by atoms with Gasteiger partial charge in [-0.1, -0.05) is 11.6 Å². The summed E-state index contributed by atoms with van der Waals surface area (Å²) in [5, 5.41) is 8.87. The van der Waals surface area contributed by atoms with Crippen LogP contribution in [0.25, 0.3) is 0 Å². The van der Waals surface area contributed by atoms with Crippen LogP contribution < -0.4 is 16.0 Å². The van der Waals surface area contributed by atoms with Crippen LogP contribution in [0.15, 0.2) is 12.1 Å². The van der Waals surface area contributed by atoms with Crippen LogP contribution in [0.4, 0.5) is 5.82 Å². The largest absolute Gasteiger partial charge is 0.370 e. The summed E-state index contributed by atoms with van der Waals surface area (Å²) >= 11 is 5.89. The van der Waals surface area contributed by atoms with Crippen LogP contribution in [0.3, 0.4) is 0 Å². The molecule has 1 saturated heterocycles. The number of rotatable bonds is 5. The molecule has 2 rings (SSSR count). The van der Waals surface area contributed by atoms with E-state index in [9.17, 15) is 9.59 Å². The highest BCUT2D eigenvalue weighted by molar-refractivity contribution is 6.29. The van der Waals surface area contributed by atoms with Crippen LogP contribution >= 0.6 is 11.6 Å². The van der Waals surface area contributed by atoms with E-state index in [1.165, 1.54) is 6.07 Å². The molecule has 0 saturated carbocycles. The van der Waals surface area contributed by atoms with Gasteiger partial charge in [-0.3, -0.25) is 9.59 Å². The lowest BCUT2D eigenvalue weighted by atomic mass is 10.2. The zero-order chi connectivity index (χ0) is 14.5. The Bertz CT molecular complexity index is 521. The summed E-state index contributed by atoms with van der Waals surface area (Å²) in [6, 6.07) is 3.18. The fourth-order valence-electron chi connectivity index (χ4n) is 2.05. The maximum absolute atomic E-state index is 12.1. The molecule has 1 aromatic heterocycles. The Hall–Kier alpha value is -1.82. The van der Waals surface area contributed by atoms with E-state index in [2.05, 4.69) is 20.9 Å². The third-order valence-corrected chi connectivity index (χ3v) is 3.20. The number of hydrogen-bond donors (Lipinski definition) is 3. The zero-order valence-corrected chi connectivity index (χ0v) is 12.0. The Kier molecular flexibility index (Phi) is 4.79. The number of anilines is 1. The maximum atomic E-state index is 12.1. The number of carbonyl (C=O) groups is 2. The van der Waals surface area contributed by atoms with Crippen LogP contribution in [0, 0.1) is 0 Å². The fourth-order valence-corrected chi connectivity index (χ4v) is 2.26. The number of amides is 2. The van der Waals surface area contributed by atoms with Crippen LogP contribution in [-0.4, -0.2) is 35.9 Å². The van der Waals surface area contributed by atoms with Gasteiger partial charge in [0.1, 0.15) is 11.0 Å². The first kappa shape index (κ1) is 14.6. The number of pyridine rings is 1. The van der Waals surface area contributed by atoms with Crippen molar-refractivity contribution in [3.63, 3.8) is 0 Å². The highest BCUT2D eigenvalue weighted by atomic mass is 35.5. The van der Waals surface area contributed by atoms with E-state index in [0.717, 1.165) is 6.42 Å². The molecule has 0 spiro atoms. The Labute approximate surface area is 122 Å². The summed E-state index contributed by atoms with van der Waals surface area (Å²) < 4.78 is 0. The average Bonchev–Trinajstić information content (AvgIpc) is 2.81. The number of halogens is 1. The van der Waals surface area contributed by atoms with Gasteiger partial charge in [0.2, 0.25) is 5.91 Å². The van der Waals surface area contributed by atoms with Crippen molar-refractivity contribution in [2.24, 2.45) is 0 Å². The van der Waals surface area contributed by atoms with E-state index in [4.69, 9.17) is 11.6 Å². The van der Waals surface area contributed by atoms with Gasteiger partial charge in [0.15, 0.2) is 0 Å². The second-order valence-electron chi connectivity index (χ2n) is 4.61. The Morgan fingerprint density at radius 3 is 3.00 bits per heavy atom. The lowest BCUT2D eigenvalue weighted by Crippen LogP contribution is -2.38. The molecule has 1 fully saturated rings. The van der Waals surface area contributed by atoms with Gasteiger partial charge in [-0.25, -0.2) is 4.98 Å². The van der Waals surface area contributed by atoms with E-state index in [1.807, 2.05) is 6.92 Å². The fraction of sp³-hybridized carbons (Fsp3) is 0.462. The van der Waals surface area contributed by atoms with Crippen molar-refractivity contribution in [1.29, 1.82) is 0 Å². The van der Waals surface area contributed by atoms with Crippen molar-refractivity contribution in [2.75, 3.05) is 18.4 Å². The quantitative estimate of drug-likeness (QED) is 0.713. The van der Waals surface area contributed by atoms with E-state index < -0.39 is 0 Å². The van der Waals surface area contributed by atoms with Gasteiger partial charge < -0.3 is 16.0 Å². The van der Waals surface area contributed by atoms with Gasteiger partial charge in [0.05, 0.1) is 0 Å². The lowest BCUT2D eigenvalue weighted by molar-refractivity contribution is -0.119. The van der Waals surface area contributed by atoms with Gasteiger partial charge in [-0.2, -0.15) is 0 Å². The minimum atomic E-state index is -0.227. The molecule has 3 N–H and O–H groups in total. The van der Waals surface area contributed by atoms with Crippen molar-refractivity contribution in [1.82, 2.24) is 15.6 Å². The number of nitrogens with zero attached hydrogens (tertiary/aromatic N) is 1. The molecule has 0 bridgehead atoms. The molecule has 0 aliphatic carbocycles. The first-order chi connectivity index (χ1) is 9.58. The van der Waals surface area contributed by atoms with Gasteiger partial charge in [-0.05, 0) is 25.5 Å². The van der Waals surface area contributed by atoms with Gasteiger partial charge in [-0.15, -0.1) is 0 Å². The normalized spacial score (nSPS) is 17.7. The second-order valence-corrected chi connectivity index (χ2v) is 4.99. The van der Waals surface area contributed by atoms with E-state index >= 15 is 0 Å². The molecule has 2 heterocycles. The Morgan fingerprint density at radius 1 is 1.55 bits per heavy atom. The summed E-state index contributed by atoms with van der Waals surface area (Å²) in [6.07, 6.45) is 1.27. The lowest BCUT2D eigenvalue weighted by Gasteiger charge is -2.12. The highest BCUT2D eigenvalue weighted by Gasteiger charge is 2.21. The first-order valence-electron chi connectivity index (χ1n) is 6.57. The Balaban J connectivity index is 1.96. The number of carbonyl (C=O) groups excluding carboxylic acids is 2. The van der Waals surface area contributed by atoms with Crippen LogP contribution in [0.2, 0.25) is 5.15 Å². The molecule has 108 valence electrons. The summed E-state index contributed by atoms with van der Waals surface area (Å²) in [6.45, 7) is 3.05. The maximum Gasteiger partial charge on any atom is 0.251 e. The monoisotopic (exact) mass is 296 g/mol. The van der Waals surface area contributed by atoms with Gasteiger partial charge >= 0.3 is 0 Å². The molecular formula is C13H17ClN4O2. The minimum Gasteiger partial charge on any atom is -0.370 e. The van der Waals surface area contributed by atoms with Crippen LogP contribution in [0.1, 0.15) is 30.1 Å². The van der Waals surface area contributed by atoms with Crippen molar-refractivity contribution in [3.05, 3.63) is 22.8 Å². The number of nitrogens with one attached hydrogen (secondary N) is 3. The summed E-state index contributed by atoms with van der Waals surface area (Å²) in [5.41, 5.74) is 0.449. The summed E-state index contributed by atoms with van der Waals surface area (Å²) in [7, 11) is 0. The minimum absolute atomic E-state index is 0.0111. The SMILES string of the molecule is CCNc1cc(C(=O)NCC2CCC(=O)N2)cc(Cl)n1. The Morgan fingerprint density at radius 2 is 2.35 bits per heavy atom. The third-order valence-electron chi connectivity index (χ3n) is 3.01. The topological polar surface area (TPSA) is 83.1 Å². The van der Waals surface area contributed by atoms with Crippen molar-refractivity contribution < 1.29 is 9.59 Å². The van der Waals surface area contributed by atoms with Gasteiger partial charge in [0.25, 0.3) is 5.91 Å². The molecule has 2 amide bonds. The second kappa shape index (κ2) is 6.56. The van der Waals surface area contributed by atoms with Crippen molar-refractivity contribution in [2.45, 2.75) is 25.8 Å². The molecule has 0 radical (unpaired) electrons. The summed E-state index contributed by atoms with van der Waals surface area (Å²) in [4.78, 5) is 27.2. The average molecular weight is 297 g/mol. The number of aromatic nitrogens is 1. The molecule has 1 aliphatic heterocycles. The number of hydrogen-bond acceptors (Lipinski definition) is 4. The molecule has 6 nitrogen and oxygen atoms in total. The molecule has 20 heavy (non-hydrogen) atoms. The molecule has 7 heteroatoms. The van der Waals surface area contributed by atoms with E-state index in [-0.39, 0.29) is 23.0 Å². The molecule has 1 unspecified atom stereocenters. The van der Waals surface area contributed by atoms with E-state index in [0.29, 0.717) is 30.9 Å².